The summed E-state index contributed by atoms with van der Waals surface area (Å²) in [6.07, 6.45) is 2.24. The lowest BCUT2D eigenvalue weighted by molar-refractivity contribution is 0.396. The van der Waals surface area contributed by atoms with Gasteiger partial charge in [0.15, 0.2) is 0 Å². The van der Waals surface area contributed by atoms with Gasteiger partial charge in [0.25, 0.3) is 0 Å². The van der Waals surface area contributed by atoms with Crippen LogP contribution in [0.1, 0.15) is 18.4 Å². The molecule has 4 nitrogen and oxygen atoms in total. The molecule has 4 heteroatoms. The lowest BCUT2D eigenvalue weighted by atomic mass is 10.2. The smallest absolute Gasteiger partial charge is 0.123 e. The Morgan fingerprint density at radius 3 is 2.65 bits per heavy atom. The molecule has 0 atom stereocenters. The third-order valence-corrected chi connectivity index (χ3v) is 3.17. The number of ether oxygens (including phenoxy) is 2. The molecular formula is C13H20N2O2. The van der Waals surface area contributed by atoms with Crippen LogP contribution in [0.15, 0.2) is 18.2 Å². The van der Waals surface area contributed by atoms with Crippen LogP contribution in [0.5, 0.6) is 11.5 Å². The lowest BCUT2D eigenvalue weighted by Crippen LogP contribution is -2.35. The third-order valence-electron chi connectivity index (χ3n) is 3.17. The number of hydrogen-bond acceptors (Lipinski definition) is 4. The van der Waals surface area contributed by atoms with E-state index in [2.05, 4.69) is 5.32 Å². The van der Waals surface area contributed by atoms with Crippen molar-refractivity contribution in [2.45, 2.75) is 24.9 Å². The minimum Gasteiger partial charge on any atom is -0.497 e. The van der Waals surface area contributed by atoms with Crippen molar-refractivity contribution < 1.29 is 9.47 Å². The van der Waals surface area contributed by atoms with Crippen molar-refractivity contribution in [1.82, 2.24) is 5.32 Å². The zero-order valence-corrected chi connectivity index (χ0v) is 10.5. The van der Waals surface area contributed by atoms with E-state index in [-0.39, 0.29) is 5.54 Å². The Morgan fingerprint density at radius 2 is 2.06 bits per heavy atom. The van der Waals surface area contributed by atoms with Crippen molar-refractivity contribution in [1.29, 1.82) is 0 Å². The minimum absolute atomic E-state index is 0.0338. The Kier molecular flexibility index (Phi) is 3.54. The molecule has 0 bridgehead atoms. The van der Waals surface area contributed by atoms with Crippen LogP contribution < -0.4 is 20.5 Å². The number of hydrogen-bond donors (Lipinski definition) is 2. The predicted molar refractivity (Wildman–Crippen MR) is 67.4 cm³/mol. The number of methoxy groups -OCH3 is 2. The summed E-state index contributed by atoms with van der Waals surface area (Å²) in [4.78, 5) is 0. The Morgan fingerprint density at radius 1 is 1.29 bits per heavy atom. The molecule has 1 aromatic carbocycles. The van der Waals surface area contributed by atoms with E-state index in [4.69, 9.17) is 15.2 Å². The molecule has 0 saturated heterocycles. The maximum absolute atomic E-state index is 6.02. The fraction of sp³-hybridized carbons (Fsp3) is 0.538. The molecule has 0 amide bonds. The third kappa shape index (κ3) is 3.11. The highest BCUT2D eigenvalue weighted by molar-refractivity contribution is 5.40. The molecule has 1 fully saturated rings. The highest BCUT2D eigenvalue weighted by atomic mass is 16.5. The molecular weight excluding hydrogens is 216 g/mol. The number of benzene rings is 1. The van der Waals surface area contributed by atoms with Crippen molar-refractivity contribution in [2.75, 3.05) is 20.8 Å². The molecule has 3 N–H and O–H groups in total. The van der Waals surface area contributed by atoms with E-state index in [1.807, 2.05) is 18.2 Å². The molecule has 1 saturated carbocycles. The predicted octanol–water partition coefficient (Wildman–Crippen LogP) is 1.28. The van der Waals surface area contributed by atoms with Gasteiger partial charge in [-0.25, -0.2) is 0 Å². The van der Waals surface area contributed by atoms with Crippen LogP contribution >= 0.6 is 0 Å². The van der Waals surface area contributed by atoms with Gasteiger partial charge in [0.1, 0.15) is 11.5 Å². The zero-order valence-electron chi connectivity index (χ0n) is 10.5. The molecule has 0 heterocycles. The fourth-order valence-corrected chi connectivity index (χ4v) is 1.80. The van der Waals surface area contributed by atoms with Crippen molar-refractivity contribution in [2.24, 2.45) is 5.73 Å². The Labute approximate surface area is 102 Å². The zero-order chi connectivity index (χ0) is 12.3. The van der Waals surface area contributed by atoms with Crippen LogP contribution in [0.25, 0.3) is 0 Å². The Balaban J connectivity index is 1.97. The monoisotopic (exact) mass is 236 g/mol. The molecule has 1 aromatic rings. The van der Waals surface area contributed by atoms with Crippen molar-refractivity contribution >= 4 is 0 Å². The summed E-state index contributed by atoms with van der Waals surface area (Å²) in [5, 5.41) is 3.37. The SMILES string of the molecule is COc1ccc(OC)c(CNCC2(N)CC2)c1. The van der Waals surface area contributed by atoms with Gasteiger partial charge in [0.2, 0.25) is 0 Å². The second kappa shape index (κ2) is 4.94. The average Bonchev–Trinajstić information content (AvgIpc) is 3.07. The number of nitrogens with two attached hydrogens (primary N) is 1. The second-order valence-corrected chi connectivity index (χ2v) is 4.64. The van der Waals surface area contributed by atoms with Gasteiger partial charge in [0.05, 0.1) is 14.2 Å². The van der Waals surface area contributed by atoms with Gasteiger partial charge in [-0.3, -0.25) is 0 Å². The fourth-order valence-electron chi connectivity index (χ4n) is 1.80. The maximum atomic E-state index is 6.02. The topological polar surface area (TPSA) is 56.5 Å². The summed E-state index contributed by atoms with van der Waals surface area (Å²) in [7, 11) is 3.34. The molecule has 0 radical (unpaired) electrons. The molecule has 1 aliphatic carbocycles. The first kappa shape index (κ1) is 12.2. The quantitative estimate of drug-likeness (QED) is 0.781. The Hall–Kier alpha value is -1.26. The first-order valence-corrected chi connectivity index (χ1v) is 5.87. The van der Waals surface area contributed by atoms with Crippen LogP contribution in [-0.4, -0.2) is 26.3 Å². The first-order chi connectivity index (χ1) is 8.17. The van der Waals surface area contributed by atoms with Gasteiger partial charge < -0.3 is 20.5 Å². The van der Waals surface area contributed by atoms with Gasteiger partial charge >= 0.3 is 0 Å². The van der Waals surface area contributed by atoms with E-state index < -0.39 is 0 Å². The summed E-state index contributed by atoms with van der Waals surface area (Å²) in [6.45, 7) is 1.60. The molecule has 94 valence electrons. The normalized spacial score (nSPS) is 16.6. The number of nitrogens with one attached hydrogen (secondary N) is 1. The van der Waals surface area contributed by atoms with Crippen LogP contribution in [0.4, 0.5) is 0 Å². The molecule has 2 rings (SSSR count). The van der Waals surface area contributed by atoms with Crippen LogP contribution in [0, 0.1) is 0 Å². The van der Waals surface area contributed by atoms with E-state index in [0.717, 1.165) is 43.0 Å². The minimum atomic E-state index is 0.0338. The summed E-state index contributed by atoms with van der Waals surface area (Å²) in [5.74, 6) is 1.72. The molecule has 17 heavy (non-hydrogen) atoms. The molecule has 0 unspecified atom stereocenters. The largest absolute Gasteiger partial charge is 0.497 e. The van der Waals surface area contributed by atoms with Crippen molar-refractivity contribution in [3.05, 3.63) is 23.8 Å². The van der Waals surface area contributed by atoms with Gasteiger partial charge in [0, 0.05) is 24.2 Å². The molecule has 0 aliphatic heterocycles. The van der Waals surface area contributed by atoms with E-state index >= 15 is 0 Å². The van der Waals surface area contributed by atoms with Crippen molar-refractivity contribution in [3.8, 4) is 11.5 Å². The molecule has 0 aromatic heterocycles. The first-order valence-electron chi connectivity index (χ1n) is 5.87. The second-order valence-electron chi connectivity index (χ2n) is 4.64. The van der Waals surface area contributed by atoms with Gasteiger partial charge in [-0.2, -0.15) is 0 Å². The summed E-state index contributed by atoms with van der Waals surface area (Å²) in [6, 6.07) is 5.81. The van der Waals surface area contributed by atoms with E-state index in [0.29, 0.717) is 0 Å². The number of rotatable bonds is 6. The van der Waals surface area contributed by atoms with Gasteiger partial charge in [-0.1, -0.05) is 0 Å². The van der Waals surface area contributed by atoms with Gasteiger partial charge in [-0.15, -0.1) is 0 Å². The lowest BCUT2D eigenvalue weighted by Gasteiger charge is -2.13. The summed E-state index contributed by atoms with van der Waals surface area (Å²) >= 11 is 0. The van der Waals surface area contributed by atoms with E-state index in [1.165, 1.54) is 0 Å². The summed E-state index contributed by atoms with van der Waals surface area (Å²) < 4.78 is 10.5. The van der Waals surface area contributed by atoms with E-state index in [1.54, 1.807) is 14.2 Å². The average molecular weight is 236 g/mol. The van der Waals surface area contributed by atoms with Crippen LogP contribution in [0.3, 0.4) is 0 Å². The maximum Gasteiger partial charge on any atom is 0.123 e. The highest BCUT2D eigenvalue weighted by Gasteiger charge is 2.37. The molecule has 0 spiro atoms. The summed E-state index contributed by atoms with van der Waals surface area (Å²) in [5.41, 5.74) is 7.15. The van der Waals surface area contributed by atoms with Gasteiger partial charge in [-0.05, 0) is 31.0 Å². The standard InChI is InChI=1S/C13H20N2O2/c1-16-11-3-4-12(17-2)10(7-11)8-15-9-13(14)5-6-13/h3-4,7,15H,5-6,8-9,14H2,1-2H3. The highest BCUT2D eigenvalue weighted by Crippen LogP contribution is 2.31. The van der Waals surface area contributed by atoms with E-state index in [9.17, 15) is 0 Å². The van der Waals surface area contributed by atoms with Crippen molar-refractivity contribution in [3.63, 3.8) is 0 Å². The Bertz CT molecular complexity index is 389. The van der Waals surface area contributed by atoms with Crippen LogP contribution in [0.2, 0.25) is 0 Å². The van der Waals surface area contributed by atoms with Crippen LogP contribution in [-0.2, 0) is 6.54 Å². The molecule has 1 aliphatic rings.